The standard InChI is InChI=1S/C26H26ClN3O4/c1-33-23-8-5-7-20(24(23)34-2)21-15-30(26(32)17-9-11-18(27)12-10-17)16-22(21)25(31)29-14-19-6-3-4-13-28-19/h3-13,21-22H,14-16H2,1-2H3,(H,29,31). The summed E-state index contributed by atoms with van der Waals surface area (Å²) in [5.74, 6) is 0.106. The molecule has 0 aliphatic carbocycles. The number of methoxy groups -OCH3 is 2. The van der Waals surface area contributed by atoms with Gasteiger partial charge in [-0.05, 0) is 42.5 Å². The zero-order valence-electron chi connectivity index (χ0n) is 19.0. The number of para-hydroxylation sites is 1. The summed E-state index contributed by atoms with van der Waals surface area (Å²) in [4.78, 5) is 32.6. The van der Waals surface area contributed by atoms with Gasteiger partial charge in [0.05, 0.1) is 32.4 Å². The Labute approximate surface area is 203 Å². The SMILES string of the molecule is COc1cccc(C2CN(C(=O)c3ccc(Cl)cc3)CC2C(=O)NCc2ccccn2)c1OC. The molecule has 34 heavy (non-hydrogen) atoms. The number of rotatable bonds is 7. The van der Waals surface area contributed by atoms with Crippen molar-refractivity contribution < 1.29 is 19.1 Å². The highest BCUT2D eigenvalue weighted by Gasteiger charge is 2.42. The van der Waals surface area contributed by atoms with Crippen LogP contribution in [0.4, 0.5) is 0 Å². The molecule has 8 heteroatoms. The number of nitrogens with zero attached hydrogens (tertiary/aromatic N) is 2. The molecule has 7 nitrogen and oxygen atoms in total. The Bertz CT molecular complexity index is 1150. The largest absolute Gasteiger partial charge is 0.493 e. The summed E-state index contributed by atoms with van der Waals surface area (Å²) in [6.45, 7) is 0.955. The number of halogens is 1. The van der Waals surface area contributed by atoms with Crippen LogP contribution in [0.25, 0.3) is 0 Å². The summed E-state index contributed by atoms with van der Waals surface area (Å²) in [6.07, 6.45) is 1.69. The predicted molar refractivity (Wildman–Crippen MR) is 129 cm³/mol. The molecule has 4 rings (SSSR count). The number of amides is 2. The number of hydrogen-bond donors (Lipinski definition) is 1. The van der Waals surface area contributed by atoms with Crippen molar-refractivity contribution in [3.05, 3.63) is 88.7 Å². The van der Waals surface area contributed by atoms with Gasteiger partial charge < -0.3 is 19.7 Å². The van der Waals surface area contributed by atoms with Gasteiger partial charge in [0.25, 0.3) is 5.91 Å². The molecule has 0 saturated carbocycles. The van der Waals surface area contributed by atoms with E-state index in [1.807, 2.05) is 36.4 Å². The quantitative estimate of drug-likeness (QED) is 0.555. The molecule has 3 aromatic rings. The lowest BCUT2D eigenvalue weighted by molar-refractivity contribution is -0.125. The highest BCUT2D eigenvalue weighted by Crippen LogP contribution is 2.42. The maximum atomic E-state index is 13.3. The Morgan fingerprint density at radius 2 is 1.82 bits per heavy atom. The van der Waals surface area contributed by atoms with E-state index in [-0.39, 0.29) is 24.3 Å². The van der Waals surface area contributed by atoms with Crippen molar-refractivity contribution in [2.24, 2.45) is 5.92 Å². The fourth-order valence-corrected chi connectivity index (χ4v) is 4.47. The molecule has 1 fully saturated rings. The minimum atomic E-state index is -0.471. The summed E-state index contributed by atoms with van der Waals surface area (Å²) in [6, 6.07) is 17.9. The van der Waals surface area contributed by atoms with Crippen LogP contribution in [0.2, 0.25) is 5.02 Å². The molecule has 1 aliphatic heterocycles. The summed E-state index contributed by atoms with van der Waals surface area (Å²) in [7, 11) is 3.15. The third kappa shape index (κ3) is 4.99. The first-order valence-electron chi connectivity index (χ1n) is 10.9. The predicted octanol–water partition coefficient (Wildman–Crippen LogP) is 3.92. The molecule has 0 bridgehead atoms. The van der Waals surface area contributed by atoms with Crippen LogP contribution < -0.4 is 14.8 Å². The average molecular weight is 480 g/mol. The molecule has 1 N–H and O–H groups in total. The minimum Gasteiger partial charge on any atom is -0.493 e. The lowest BCUT2D eigenvalue weighted by Gasteiger charge is -2.21. The second-order valence-electron chi connectivity index (χ2n) is 8.05. The van der Waals surface area contributed by atoms with E-state index in [0.29, 0.717) is 35.2 Å². The Kier molecular flexibility index (Phi) is 7.33. The maximum absolute atomic E-state index is 13.3. The molecule has 1 saturated heterocycles. The van der Waals surface area contributed by atoms with E-state index < -0.39 is 5.92 Å². The number of likely N-dealkylation sites (tertiary alicyclic amines) is 1. The van der Waals surface area contributed by atoms with Crippen LogP contribution >= 0.6 is 11.6 Å². The van der Waals surface area contributed by atoms with Crippen molar-refractivity contribution in [1.82, 2.24) is 15.2 Å². The van der Waals surface area contributed by atoms with Crippen molar-refractivity contribution in [3.63, 3.8) is 0 Å². The number of carbonyl (C=O) groups excluding carboxylic acids is 2. The van der Waals surface area contributed by atoms with Gasteiger partial charge in [0.15, 0.2) is 11.5 Å². The Morgan fingerprint density at radius 1 is 1.03 bits per heavy atom. The van der Waals surface area contributed by atoms with Crippen molar-refractivity contribution in [2.75, 3.05) is 27.3 Å². The maximum Gasteiger partial charge on any atom is 0.253 e. The normalized spacial score (nSPS) is 17.3. The van der Waals surface area contributed by atoms with Crippen molar-refractivity contribution >= 4 is 23.4 Å². The first-order valence-corrected chi connectivity index (χ1v) is 11.3. The topological polar surface area (TPSA) is 80.8 Å². The van der Waals surface area contributed by atoms with Crippen molar-refractivity contribution in [3.8, 4) is 11.5 Å². The van der Waals surface area contributed by atoms with Crippen LogP contribution in [0.15, 0.2) is 66.9 Å². The lowest BCUT2D eigenvalue weighted by Crippen LogP contribution is -2.35. The number of carbonyl (C=O) groups is 2. The number of pyridine rings is 1. The summed E-state index contributed by atoms with van der Waals surface area (Å²) >= 11 is 5.98. The van der Waals surface area contributed by atoms with Gasteiger partial charge in [0.2, 0.25) is 5.91 Å². The monoisotopic (exact) mass is 479 g/mol. The number of aromatic nitrogens is 1. The van der Waals surface area contributed by atoms with Gasteiger partial charge in [-0.15, -0.1) is 0 Å². The van der Waals surface area contributed by atoms with Gasteiger partial charge in [-0.2, -0.15) is 0 Å². The smallest absolute Gasteiger partial charge is 0.253 e. The molecule has 1 aromatic heterocycles. The van der Waals surface area contributed by atoms with E-state index in [4.69, 9.17) is 21.1 Å². The summed E-state index contributed by atoms with van der Waals surface area (Å²) < 4.78 is 11.1. The van der Waals surface area contributed by atoms with Gasteiger partial charge in [-0.1, -0.05) is 29.8 Å². The van der Waals surface area contributed by atoms with Crippen molar-refractivity contribution in [1.29, 1.82) is 0 Å². The van der Waals surface area contributed by atoms with E-state index in [2.05, 4.69) is 10.3 Å². The first kappa shape index (κ1) is 23.6. The molecule has 2 unspecified atom stereocenters. The van der Waals surface area contributed by atoms with E-state index in [1.54, 1.807) is 49.6 Å². The zero-order valence-corrected chi connectivity index (χ0v) is 19.8. The number of hydrogen-bond acceptors (Lipinski definition) is 5. The van der Waals surface area contributed by atoms with Crippen molar-refractivity contribution in [2.45, 2.75) is 12.5 Å². The number of ether oxygens (including phenoxy) is 2. The Hall–Kier alpha value is -3.58. The zero-order chi connectivity index (χ0) is 24.1. The Morgan fingerprint density at radius 3 is 2.50 bits per heavy atom. The molecule has 0 spiro atoms. The van der Waals surface area contributed by atoms with Crippen LogP contribution in [-0.2, 0) is 11.3 Å². The molecule has 1 aliphatic rings. The third-order valence-electron chi connectivity index (χ3n) is 6.04. The molecule has 2 atom stereocenters. The molecule has 2 aromatic carbocycles. The van der Waals surface area contributed by atoms with E-state index in [0.717, 1.165) is 11.3 Å². The third-order valence-corrected chi connectivity index (χ3v) is 6.29. The molecule has 0 radical (unpaired) electrons. The van der Waals surface area contributed by atoms with Crippen LogP contribution in [0.3, 0.4) is 0 Å². The molecule has 2 amide bonds. The first-order chi connectivity index (χ1) is 16.5. The van der Waals surface area contributed by atoms with E-state index >= 15 is 0 Å². The molecular formula is C26H26ClN3O4. The van der Waals surface area contributed by atoms with Gasteiger partial charge in [-0.25, -0.2) is 0 Å². The van der Waals surface area contributed by atoms with Gasteiger partial charge >= 0.3 is 0 Å². The highest BCUT2D eigenvalue weighted by atomic mass is 35.5. The minimum absolute atomic E-state index is 0.146. The van der Waals surface area contributed by atoms with E-state index in [1.165, 1.54) is 0 Å². The van der Waals surface area contributed by atoms with Gasteiger partial charge in [0.1, 0.15) is 0 Å². The van der Waals surface area contributed by atoms with Gasteiger partial charge in [0, 0.05) is 41.4 Å². The Balaban J connectivity index is 1.62. The van der Waals surface area contributed by atoms with Gasteiger partial charge in [-0.3, -0.25) is 14.6 Å². The van der Waals surface area contributed by atoms with Crippen LogP contribution in [-0.4, -0.2) is 49.0 Å². The van der Waals surface area contributed by atoms with E-state index in [9.17, 15) is 9.59 Å². The summed E-state index contributed by atoms with van der Waals surface area (Å²) in [5, 5.41) is 3.54. The summed E-state index contributed by atoms with van der Waals surface area (Å²) in [5.41, 5.74) is 2.11. The highest BCUT2D eigenvalue weighted by molar-refractivity contribution is 6.30. The second kappa shape index (κ2) is 10.6. The lowest BCUT2D eigenvalue weighted by atomic mass is 9.87. The van der Waals surface area contributed by atoms with Crippen LogP contribution in [0, 0.1) is 5.92 Å². The fourth-order valence-electron chi connectivity index (χ4n) is 4.34. The fraction of sp³-hybridized carbons (Fsp3) is 0.269. The molecular weight excluding hydrogens is 454 g/mol. The second-order valence-corrected chi connectivity index (χ2v) is 8.49. The van der Waals surface area contributed by atoms with Crippen LogP contribution in [0.1, 0.15) is 27.5 Å². The average Bonchev–Trinajstić information content (AvgIpc) is 3.32. The number of nitrogens with one attached hydrogen (secondary N) is 1. The van der Waals surface area contributed by atoms with Crippen LogP contribution in [0.5, 0.6) is 11.5 Å². The molecule has 176 valence electrons. The molecule has 2 heterocycles. The number of benzene rings is 2.